The first-order chi connectivity index (χ1) is 12.9. The zero-order valence-corrected chi connectivity index (χ0v) is 14.2. The summed E-state index contributed by atoms with van der Waals surface area (Å²) in [6.07, 6.45) is 2.55. The Balaban J connectivity index is 1.88. The highest BCUT2D eigenvalue weighted by molar-refractivity contribution is 5.92. The number of hydrogen-bond donors (Lipinski definition) is 2. The highest BCUT2D eigenvalue weighted by Crippen LogP contribution is 2.20. The first kappa shape index (κ1) is 17.9. The van der Waals surface area contributed by atoms with Gasteiger partial charge in [-0.15, -0.1) is 0 Å². The maximum absolute atomic E-state index is 12.4. The number of aromatic amines is 1. The number of amides is 1. The van der Waals surface area contributed by atoms with Crippen molar-refractivity contribution in [3.05, 3.63) is 85.4 Å². The smallest absolute Gasteiger partial charge is 0.323 e. The van der Waals surface area contributed by atoms with Gasteiger partial charge in [-0.3, -0.25) is 28.8 Å². The van der Waals surface area contributed by atoms with Gasteiger partial charge in [0.05, 0.1) is 22.5 Å². The fraction of sp³-hybridized carbons (Fsp3) is 0.118. The lowest BCUT2D eigenvalue weighted by Gasteiger charge is -2.13. The average molecular weight is 369 g/mol. The fourth-order valence-electron chi connectivity index (χ4n) is 2.62. The van der Waals surface area contributed by atoms with Crippen molar-refractivity contribution in [3.63, 3.8) is 0 Å². The molecule has 0 aliphatic heterocycles. The lowest BCUT2D eigenvalue weighted by Crippen LogP contribution is -2.27. The lowest BCUT2D eigenvalue weighted by atomic mass is 10.2. The number of nitrogens with zero attached hydrogens (tertiary/aromatic N) is 3. The molecule has 0 saturated carbocycles. The second-order valence-electron chi connectivity index (χ2n) is 5.75. The predicted molar refractivity (Wildman–Crippen MR) is 97.1 cm³/mol. The van der Waals surface area contributed by atoms with E-state index in [9.17, 15) is 24.5 Å². The number of aromatic nitrogens is 3. The Morgan fingerprint density at radius 2 is 1.96 bits per heavy atom. The number of nitro groups is 1. The summed E-state index contributed by atoms with van der Waals surface area (Å²) in [5.74, 6) is -0.564. The van der Waals surface area contributed by atoms with Gasteiger partial charge in [-0.25, -0.2) is 4.79 Å². The summed E-state index contributed by atoms with van der Waals surface area (Å²) in [5, 5.41) is 13.5. The number of benzene rings is 1. The highest BCUT2D eigenvalue weighted by Gasteiger charge is 2.14. The van der Waals surface area contributed by atoms with Crippen LogP contribution in [0.1, 0.15) is 5.69 Å². The predicted octanol–water partition coefficient (Wildman–Crippen LogP) is 1.18. The van der Waals surface area contributed by atoms with Gasteiger partial charge in [0.15, 0.2) is 0 Å². The van der Waals surface area contributed by atoms with Crippen LogP contribution < -0.4 is 16.6 Å². The molecule has 3 aromatic rings. The van der Waals surface area contributed by atoms with Gasteiger partial charge in [0.2, 0.25) is 5.91 Å². The maximum atomic E-state index is 12.4. The molecule has 1 amide bonds. The van der Waals surface area contributed by atoms with Crippen molar-refractivity contribution in [2.45, 2.75) is 13.5 Å². The van der Waals surface area contributed by atoms with Crippen LogP contribution in [0.15, 0.2) is 58.4 Å². The molecule has 0 unspecified atom stereocenters. The normalized spacial score (nSPS) is 10.6. The molecule has 0 saturated heterocycles. The molecule has 138 valence electrons. The van der Waals surface area contributed by atoms with Crippen LogP contribution in [0.25, 0.3) is 5.69 Å². The summed E-state index contributed by atoms with van der Waals surface area (Å²) >= 11 is 0. The van der Waals surface area contributed by atoms with Gasteiger partial charge in [-0.1, -0.05) is 12.1 Å². The molecular weight excluding hydrogens is 354 g/mol. The summed E-state index contributed by atoms with van der Waals surface area (Å²) in [6.45, 7) is 1.33. The van der Waals surface area contributed by atoms with Crippen LogP contribution >= 0.6 is 0 Å². The van der Waals surface area contributed by atoms with Crippen LogP contribution in [0.3, 0.4) is 0 Å². The molecule has 2 aromatic heterocycles. The standard InChI is InChI=1S/C17H15N5O5/c1-11-8-18-17(25)21(11)14-5-3-2-4-13(14)19-15(23)10-20-9-12(22(26)27)6-7-16(20)24/h2-9H,10H2,1H3,(H,18,25)(H,19,23). The summed E-state index contributed by atoms with van der Waals surface area (Å²) in [4.78, 5) is 49.0. The van der Waals surface area contributed by atoms with E-state index in [1.165, 1.54) is 4.57 Å². The zero-order chi connectivity index (χ0) is 19.6. The molecule has 2 heterocycles. The Hall–Kier alpha value is -3.95. The van der Waals surface area contributed by atoms with Crippen molar-refractivity contribution < 1.29 is 9.72 Å². The number of anilines is 1. The van der Waals surface area contributed by atoms with Gasteiger partial charge in [-0.05, 0) is 19.1 Å². The van der Waals surface area contributed by atoms with Gasteiger partial charge in [-0.2, -0.15) is 0 Å². The molecule has 0 atom stereocenters. The van der Waals surface area contributed by atoms with Crippen LogP contribution in [0.5, 0.6) is 0 Å². The third kappa shape index (κ3) is 3.68. The van der Waals surface area contributed by atoms with E-state index in [0.717, 1.165) is 22.9 Å². The molecule has 3 rings (SSSR count). The van der Waals surface area contributed by atoms with E-state index in [2.05, 4.69) is 10.3 Å². The first-order valence-corrected chi connectivity index (χ1v) is 7.88. The van der Waals surface area contributed by atoms with Crippen LogP contribution in [0.4, 0.5) is 11.4 Å². The SMILES string of the molecule is Cc1c[nH]c(=O)n1-c1ccccc1NC(=O)Cn1cc([N+](=O)[O-])ccc1=O. The number of nitrogens with one attached hydrogen (secondary N) is 2. The first-order valence-electron chi connectivity index (χ1n) is 7.88. The van der Waals surface area contributed by atoms with Crippen LogP contribution in [0, 0.1) is 17.0 Å². The highest BCUT2D eigenvalue weighted by atomic mass is 16.6. The number of rotatable bonds is 5. The number of hydrogen-bond acceptors (Lipinski definition) is 5. The number of H-pyrrole nitrogens is 1. The number of carbonyl (C=O) groups is 1. The zero-order valence-electron chi connectivity index (χ0n) is 14.2. The molecule has 0 spiro atoms. The van der Waals surface area contributed by atoms with E-state index in [1.54, 1.807) is 37.4 Å². The maximum Gasteiger partial charge on any atom is 0.330 e. The number of pyridine rings is 1. The quantitative estimate of drug-likeness (QED) is 0.515. The molecule has 0 aliphatic carbocycles. The largest absolute Gasteiger partial charge is 0.330 e. The molecule has 0 aliphatic rings. The van der Waals surface area contributed by atoms with Gasteiger partial charge in [0.25, 0.3) is 11.2 Å². The van der Waals surface area contributed by atoms with E-state index in [-0.39, 0.29) is 11.4 Å². The summed E-state index contributed by atoms with van der Waals surface area (Å²) in [7, 11) is 0. The van der Waals surface area contributed by atoms with Crippen LogP contribution in [0.2, 0.25) is 0 Å². The Morgan fingerprint density at radius 1 is 1.22 bits per heavy atom. The molecule has 1 aromatic carbocycles. The molecule has 27 heavy (non-hydrogen) atoms. The van der Waals surface area contributed by atoms with Crippen molar-refractivity contribution in [1.82, 2.24) is 14.1 Å². The molecule has 0 fully saturated rings. The Bertz CT molecular complexity index is 1140. The van der Waals surface area contributed by atoms with E-state index in [0.29, 0.717) is 17.1 Å². The van der Waals surface area contributed by atoms with Crippen molar-refractivity contribution in [1.29, 1.82) is 0 Å². The van der Waals surface area contributed by atoms with Gasteiger partial charge >= 0.3 is 5.69 Å². The molecule has 0 bridgehead atoms. The molecule has 0 radical (unpaired) electrons. The van der Waals surface area contributed by atoms with Crippen molar-refractivity contribution in [2.24, 2.45) is 0 Å². The number of imidazole rings is 1. The minimum atomic E-state index is -0.649. The number of carbonyl (C=O) groups excluding carboxylic acids is 1. The van der Waals surface area contributed by atoms with E-state index < -0.39 is 22.9 Å². The minimum Gasteiger partial charge on any atom is -0.323 e. The average Bonchev–Trinajstić information content (AvgIpc) is 2.95. The van der Waals surface area contributed by atoms with E-state index in [4.69, 9.17) is 0 Å². The van der Waals surface area contributed by atoms with E-state index >= 15 is 0 Å². The third-order valence-electron chi connectivity index (χ3n) is 3.87. The molecule has 10 heteroatoms. The van der Waals surface area contributed by atoms with E-state index in [1.807, 2.05) is 0 Å². The fourth-order valence-corrected chi connectivity index (χ4v) is 2.62. The Kier molecular flexibility index (Phi) is 4.71. The van der Waals surface area contributed by atoms with Crippen molar-refractivity contribution >= 4 is 17.3 Å². The molecule has 10 nitrogen and oxygen atoms in total. The van der Waals surface area contributed by atoms with Gasteiger partial charge in [0, 0.05) is 24.0 Å². The lowest BCUT2D eigenvalue weighted by molar-refractivity contribution is -0.385. The Morgan fingerprint density at radius 3 is 2.63 bits per heavy atom. The third-order valence-corrected chi connectivity index (χ3v) is 3.87. The summed E-state index contributed by atoms with van der Waals surface area (Å²) < 4.78 is 2.35. The topological polar surface area (TPSA) is 132 Å². The second-order valence-corrected chi connectivity index (χ2v) is 5.75. The second kappa shape index (κ2) is 7.12. The van der Waals surface area contributed by atoms with Crippen LogP contribution in [-0.2, 0) is 11.3 Å². The number of aryl methyl sites for hydroxylation is 1. The van der Waals surface area contributed by atoms with Crippen molar-refractivity contribution in [3.8, 4) is 5.69 Å². The van der Waals surface area contributed by atoms with Crippen molar-refractivity contribution in [2.75, 3.05) is 5.32 Å². The summed E-state index contributed by atoms with van der Waals surface area (Å²) in [6, 6.07) is 8.79. The summed E-state index contributed by atoms with van der Waals surface area (Å²) in [5.41, 5.74) is 0.284. The molecular formula is C17H15N5O5. The minimum absolute atomic E-state index is 0.294. The number of para-hydroxylation sites is 2. The monoisotopic (exact) mass is 369 g/mol. The molecule has 2 N–H and O–H groups in total. The van der Waals surface area contributed by atoms with Crippen LogP contribution in [-0.4, -0.2) is 24.9 Å². The Labute approximate surface area is 151 Å². The van der Waals surface area contributed by atoms with Gasteiger partial charge in [0.1, 0.15) is 6.54 Å². The van der Waals surface area contributed by atoms with Gasteiger partial charge < -0.3 is 10.3 Å².